The molecule has 2 heterocycles. The van der Waals surface area contributed by atoms with Crippen LogP contribution in [0.15, 0.2) is 34.9 Å². The van der Waals surface area contributed by atoms with Gasteiger partial charge in [-0.3, -0.25) is 4.98 Å². The summed E-state index contributed by atoms with van der Waals surface area (Å²) in [4.78, 5) is 5.53. The Balaban J connectivity index is 1.94. The lowest BCUT2D eigenvalue weighted by molar-refractivity contribution is 0.565. The average molecular weight is 332 g/mol. The van der Waals surface area contributed by atoms with E-state index in [1.807, 2.05) is 30.5 Å². The summed E-state index contributed by atoms with van der Waals surface area (Å²) in [5.41, 5.74) is 1.05. The Bertz CT molecular complexity index is 467. The summed E-state index contributed by atoms with van der Waals surface area (Å²) in [5.74, 6) is 0. The molecule has 2 aromatic rings. The zero-order valence-corrected chi connectivity index (χ0v) is 12.4. The highest BCUT2D eigenvalue weighted by molar-refractivity contribution is 9.10. The van der Waals surface area contributed by atoms with Crippen LogP contribution in [0.2, 0.25) is 4.34 Å². The molecule has 0 fully saturated rings. The van der Waals surface area contributed by atoms with E-state index in [1.54, 1.807) is 11.3 Å². The Morgan fingerprint density at radius 3 is 2.94 bits per heavy atom. The normalized spacial score (nSPS) is 12.6. The topological polar surface area (TPSA) is 24.9 Å². The molecule has 0 aliphatic heterocycles. The molecule has 0 bridgehead atoms. The number of halogens is 2. The number of rotatable bonds is 4. The molecule has 0 aromatic carbocycles. The number of nitrogens with one attached hydrogen (secondary N) is 1. The van der Waals surface area contributed by atoms with Crippen LogP contribution in [0.1, 0.15) is 23.5 Å². The summed E-state index contributed by atoms with van der Waals surface area (Å²) in [6, 6.07) is 8.22. The Hall–Kier alpha value is -0.420. The number of thiophene rings is 1. The molecule has 0 unspecified atom stereocenters. The average Bonchev–Trinajstić information content (AvgIpc) is 2.67. The monoisotopic (exact) mass is 330 g/mol. The minimum atomic E-state index is 0.232. The summed E-state index contributed by atoms with van der Waals surface area (Å²) in [5, 5.41) is 3.42. The highest BCUT2D eigenvalue weighted by Gasteiger charge is 2.08. The lowest BCUT2D eigenvalue weighted by atomic mass is 10.2. The highest BCUT2D eigenvalue weighted by atomic mass is 79.9. The maximum atomic E-state index is 5.99. The van der Waals surface area contributed by atoms with Crippen LogP contribution in [0.4, 0.5) is 0 Å². The molecule has 5 heteroatoms. The summed E-state index contributed by atoms with van der Waals surface area (Å²) >= 11 is 11.0. The summed E-state index contributed by atoms with van der Waals surface area (Å²) in [6.45, 7) is 2.90. The van der Waals surface area contributed by atoms with Gasteiger partial charge in [-0.05, 0) is 41.1 Å². The van der Waals surface area contributed by atoms with Gasteiger partial charge in [0.05, 0.1) is 5.69 Å². The predicted octanol–water partition coefficient (Wildman–Crippen LogP) is 4.41. The summed E-state index contributed by atoms with van der Waals surface area (Å²) < 4.78 is 1.76. The standard InChI is InChI=1S/C12H12BrClN2S/c1-8(11-4-2-3-5-15-11)16-7-9-6-10(13)12(14)17-9/h2-6,8,16H,7H2,1H3/t8-/m0/s1. The zero-order chi connectivity index (χ0) is 12.3. The van der Waals surface area contributed by atoms with Gasteiger partial charge in [-0.15, -0.1) is 11.3 Å². The molecule has 1 N–H and O–H groups in total. The van der Waals surface area contributed by atoms with Crippen molar-refractivity contribution in [3.63, 3.8) is 0 Å². The first-order valence-electron chi connectivity index (χ1n) is 5.25. The van der Waals surface area contributed by atoms with Crippen molar-refractivity contribution < 1.29 is 0 Å². The van der Waals surface area contributed by atoms with Crippen molar-refractivity contribution in [1.82, 2.24) is 10.3 Å². The van der Waals surface area contributed by atoms with Crippen molar-refractivity contribution >= 4 is 38.9 Å². The molecule has 0 saturated carbocycles. The van der Waals surface area contributed by atoms with Crippen LogP contribution in [0.25, 0.3) is 0 Å². The number of aromatic nitrogens is 1. The quantitative estimate of drug-likeness (QED) is 0.897. The number of nitrogens with zero attached hydrogens (tertiary/aromatic N) is 1. The van der Waals surface area contributed by atoms with Crippen LogP contribution in [0, 0.1) is 0 Å². The molecular weight excluding hydrogens is 320 g/mol. The third-order valence-corrected chi connectivity index (χ3v) is 4.88. The van der Waals surface area contributed by atoms with E-state index in [-0.39, 0.29) is 6.04 Å². The maximum absolute atomic E-state index is 5.99. The first-order valence-corrected chi connectivity index (χ1v) is 7.23. The lowest BCUT2D eigenvalue weighted by Crippen LogP contribution is -2.18. The molecule has 0 aliphatic rings. The number of hydrogen-bond donors (Lipinski definition) is 1. The molecule has 90 valence electrons. The van der Waals surface area contributed by atoms with Gasteiger partial charge >= 0.3 is 0 Å². The molecule has 2 nitrogen and oxygen atoms in total. The minimum Gasteiger partial charge on any atom is -0.304 e. The van der Waals surface area contributed by atoms with Crippen molar-refractivity contribution in [3.8, 4) is 0 Å². The fourth-order valence-corrected chi connectivity index (χ4v) is 3.21. The van der Waals surface area contributed by atoms with Gasteiger partial charge in [-0.2, -0.15) is 0 Å². The van der Waals surface area contributed by atoms with Crippen molar-refractivity contribution in [1.29, 1.82) is 0 Å². The van der Waals surface area contributed by atoms with E-state index in [1.165, 1.54) is 4.88 Å². The van der Waals surface area contributed by atoms with Crippen molar-refractivity contribution in [2.45, 2.75) is 19.5 Å². The molecule has 2 aromatic heterocycles. The van der Waals surface area contributed by atoms with Crippen molar-refractivity contribution in [2.24, 2.45) is 0 Å². The predicted molar refractivity (Wildman–Crippen MR) is 76.5 cm³/mol. The molecule has 1 atom stereocenters. The Morgan fingerprint density at radius 1 is 1.53 bits per heavy atom. The van der Waals surface area contributed by atoms with Gasteiger partial charge in [-0.1, -0.05) is 17.7 Å². The lowest BCUT2D eigenvalue weighted by Gasteiger charge is -2.11. The Kier molecular flexibility index (Phi) is 4.56. The molecule has 0 radical (unpaired) electrons. The van der Waals surface area contributed by atoms with E-state index in [9.17, 15) is 0 Å². The van der Waals surface area contributed by atoms with Crippen molar-refractivity contribution in [2.75, 3.05) is 0 Å². The van der Waals surface area contributed by atoms with E-state index < -0.39 is 0 Å². The third-order valence-electron chi connectivity index (χ3n) is 2.41. The molecule has 0 spiro atoms. The van der Waals surface area contributed by atoms with Crippen molar-refractivity contribution in [3.05, 3.63) is 49.8 Å². The molecule has 17 heavy (non-hydrogen) atoms. The second-order valence-corrected chi connectivity index (χ2v) is 6.28. The number of pyridine rings is 1. The van der Waals surface area contributed by atoms with Gasteiger partial charge in [0.2, 0.25) is 0 Å². The van der Waals surface area contributed by atoms with Crippen LogP contribution >= 0.6 is 38.9 Å². The van der Waals surface area contributed by atoms with E-state index in [0.29, 0.717) is 0 Å². The first kappa shape index (κ1) is 13.0. The highest BCUT2D eigenvalue weighted by Crippen LogP contribution is 2.32. The van der Waals surface area contributed by atoms with E-state index in [0.717, 1.165) is 21.0 Å². The van der Waals surface area contributed by atoms with Gasteiger partial charge in [0.15, 0.2) is 0 Å². The van der Waals surface area contributed by atoms with Crippen LogP contribution in [0.3, 0.4) is 0 Å². The van der Waals surface area contributed by atoms with E-state index in [4.69, 9.17) is 11.6 Å². The Labute approximate surface area is 118 Å². The SMILES string of the molecule is C[C@H](NCc1cc(Br)c(Cl)s1)c1ccccn1. The van der Waals surface area contributed by atoms with Gasteiger partial charge in [0, 0.05) is 28.1 Å². The third kappa shape index (κ3) is 3.52. The van der Waals surface area contributed by atoms with Gasteiger partial charge in [-0.25, -0.2) is 0 Å². The van der Waals surface area contributed by atoms with Crippen LogP contribution in [0.5, 0.6) is 0 Å². The molecule has 2 rings (SSSR count). The Morgan fingerprint density at radius 2 is 2.35 bits per heavy atom. The van der Waals surface area contributed by atoms with Crippen LogP contribution < -0.4 is 5.32 Å². The van der Waals surface area contributed by atoms with Gasteiger partial charge < -0.3 is 5.32 Å². The zero-order valence-electron chi connectivity index (χ0n) is 9.28. The molecule has 0 saturated heterocycles. The maximum Gasteiger partial charge on any atom is 0.107 e. The fourth-order valence-electron chi connectivity index (χ4n) is 1.47. The van der Waals surface area contributed by atoms with Crippen LogP contribution in [-0.4, -0.2) is 4.98 Å². The first-order chi connectivity index (χ1) is 8.16. The van der Waals surface area contributed by atoms with E-state index in [2.05, 4.69) is 33.2 Å². The second-order valence-electron chi connectivity index (χ2n) is 3.69. The van der Waals surface area contributed by atoms with E-state index >= 15 is 0 Å². The fraction of sp³-hybridized carbons (Fsp3) is 0.250. The summed E-state index contributed by atoms with van der Waals surface area (Å²) in [7, 11) is 0. The van der Waals surface area contributed by atoms with Gasteiger partial charge in [0.1, 0.15) is 4.34 Å². The second kappa shape index (κ2) is 5.96. The smallest absolute Gasteiger partial charge is 0.107 e. The summed E-state index contributed by atoms with van der Waals surface area (Å²) in [6.07, 6.45) is 1.81. The minimum absolute atomic E-state index is 0.232. The van der Waals surface area contributed by atoms with Gasteiger partial charge in [0.25, 0.3) is 0 Å². The van der Waals surface area contributed by atoms with Crippen LogP contribution in [-0.2, 0) is 6.54 Å². The molecule has 0 aliphatic carbocycles. The largest absolute Gasteiger partial charge is 0.304 e. The number of hydrogen-bond acceptors (Lipinski definition) is 3. The molecule has 0 amide bonds. The molecular formula is C12H12BrClN2S.